The summed E-state index contributed by atoms with van der Waals surface area (Å²) in [5.74, 6) is -0.0292. The van der Waals surface area contributed by atoms with E-state index in [2.05, 4.69) is 0 Å². The van der Waals surface area contributed by atoms with Crippen LogP contribution >= 0.6 is 8.25 Å². The van der Waals surface area contributed by atoms with Crippen LogP contribution in [0.25, 0.3) is 0 Å². The first-order valence-corrected chi connectivity index (χ1v) is 6.79. The van der Waals surface area contributed by atoms with Gasteiger partial charge in [-0.3, -0.25) is 0 Å². The van der Waals surface area contributed by atoms with E-state index in [1.54, 1.807) is 0 Å². The highest BCUT2D eigenvalue weighted by Crippen LogP contribution is 2.28. The van der Waals surface area contributed by atoms with Crippen molar-refractivity contribution in [3.05, 3.63) is 71.8 Å². The first-order chi connectivity index (χ1) is 8.77. The van der Waals surface area contributed by atoms with Crippen LogP contribution < -0.4 is 0 Å². The first kappa shape index (κ1) is 12.9. The smallest absolute Gasteiger partial charge is 0.133 e. The molecule has 1 N–H and O–H groups in total. The summed E-state index contributed by atoms with van der Waals surface area (Å²) in [5.41, 5.74) is 2.14. The topological polar surface area (TPSA) is 46.5 Å². The highest BCUT2D eigenvalue weighted by atomic mass is 31.1. The van der Waals surface area contributed by atoms with Crippen molar-refractivity contribution < 1.29 is 14.0 Å². The zero-order valence-electron chi connectivity index (χ0n) is 9.77. The molecule has 0 radical (unpaired) electrons. The summed E-state index contributed by atoms with van der Waals surface area (Å²) in [4.78, 5) is 8.78. The lowest BCUT2D eigenvalue weighted by Crippen LogP contribution is -2.07. The minimum atomic E-state index is -2.56. The normalized spacial score (nSPS) is 11.6. The van der Waals surface area contributed by atoms with Crippen molar-refractivity contribution in [1.82, 2.24) is 0 Å². The summed E-state index contributed by atoms with van der Waals surface area (Å²) in [5, 5.41) is 0. The monoisotopic (exact) mass is 261 g/mol. The van der Waals surface area contributed by atoms with Crippen LogP contribution in [0, 0.1) is 0 Å². The van der Waals surface area contributed by atoms with Crippen molar-refractivity contribution in [2.75, 3.05) is 6.61 Å². The zero-order valence-corrected chi connectivity index (χ0v) is 10.7. The predicted molar refractivity (Wildman–Crippen MR) is 70.5 cm³/mol. The van der Waals surface area contributed by atoms with Gasteiger partial charge in [-0.1, -0.05) is 60.7 Å². The van der Waals surface area contributed by atoms with Crippen LogP contribution in [-0.2, 0) is 9.09 Å². The quantitative estimate of drug-likeness (QED) is 0.838. The van der Waals surface area contributed by atoms with Crippen molar-refractivity contribution in [3.63, 3.8) is 0 Å². The van der Waals surface area contributed by atoms with Gasteiger partial charge < -0.3 is 0 Å². The Bertz CT molecular complexity index is 459. The number of hydrogen-bond acceptors (Lipinski definition) is 2. The fourth-order valence-corrected chi connectivity index (χ4v) is 2.17. The van der Waals surface area contributed by atoms with E-state index in [0.29, 0.717) is 0 Å². The molecule has 0 aliphatic carbocycles. The Morgan fingerprint density at radius 3 is 1.78 bits per heavy atom. The molecule has 1 unspecified atom stereocenters. The van der Waals surface area contributed by atoms with Crippen molar-refractivity contribution in [2.45, 2.75) is 5.92 Å². The van der Waals surface area contributed by atoms with Crippen LogP contribution in [0.4, 0.5) is 0 Å². The van der Waals surface area contributed by atoms with Crippen LogP contribution in [-0.4, -0.2) is 11.5 Å². The Hall–Kier alpha value is -1.54. The summed E-state index contributed by atoms with van der Waals surface area (Å²) in [7, 11) is -2.56. The second kappa shape index (κ2) is 6.41. The molecule has 0 spiro atoms. The highest BCUT2D eigenvalue weighted by Gasteiger charge is 2.20. The molecule has 3 nitrogen and oxygen atoms in total. The van der Waals surface area contributed by atoms with Gasteiger partial charge >= 0.3 is 8.25 Å². The number of benzene rings is 2. The third kappa shape index (κ3) is 3.47. The molecule has 4 heteroatoms. The Labute approximate surface area is 107 Å². The van der Waals surface area contributed by atoms with E-state index in [0.717, 1.165) is 11.1 Å². The van der Waals surface area contributed by atoms with Gasteiger partial charge in [0.15, 0.2) is 0 Å². The SMILES string of the molecule is O=[P+](O)OCC(c1ccccc1)c1ccccc1. The van der Waals surface area contributed by atoms with E-state index in [-0.39, 0.29) is 12.5 Å². The van der Waals surface area contributed by atoms with E-state index in [4.69, 9.17) is 9.42 Å². The van der Waals surface area contributed by atoms with E-state index < -0.39 is 8.25 Å². The van der Waals surface area contributed by atoms with Gasteiger partial charge in [-0.05, 0) is 11.1 Å². The maximum absolute atomic E-state index is 10.7. The van der Waals surface area contributed by atoms with Crippen molar-refractivity contribution in [1.29, 1.82) is 0 Å². The third-order valence-corrected chi connectivity index (χ3v) is 3.13. The van der Waals surface area contributed by atoms with Gasteiger partial charge in [-0.25, -0.2) is 0 Å². The standard InChI is InChI=1S/C14H13O3P/c15-18(16)17-11-14(12-7-3-1-4-8-12)13-9-5-2-6-10-13/h1-10,14H,11H2/p+1. The molecule has 2 rings (SSSR count). The fourth-order valence-electron chi connectivity index (χ4n) is 1.89. The van der Waals surface area contributed by atoms with Crippen molar-refractivity contribution in [3.8, 4) is 0 Å². The molecule has 2 aromatic rings. The van der Waals surface area contributed by atoms with Crippen LogP contribution in [0.3, 0.4) is 0 Å². The van der Waals surface area contributed by atoms with Gasteiger partial charge in [-0.15, -0.1) is 9.42 Å². The van der Waals surface area contributed by atoms with Crippen LogP contribution in [0.2, 0.25) is 0 Å². The van der Waals surface area contributed by atoms with Gasteiger partial charge in [-0.2, -0.15) is 0 Å². The van der Waals surface area contributed by atoms with Gasteiger partial charge in [0, 0.05) is 10.5 Å². The van der Waals surface area contributed by atoms with E-state index in [9.17, 15) is 4.57 Å². The Balaban J connectivity index is 2.26. The Kier molecular flexibility index (Phi) is 4.59. The molecule has 0 amide bonds. The third-order valence-electron chi connectivity index (χ3n) is 2.76. The maximum atomic E-state index is 10.7. The molecule has 0 saturated heterocycles. The molecule has 0 saturated carbocycles. The molecule has 0 aromatic heterocycles. The lowest BCUT2D eigenvalue weighted by atomic mass is 9.92. The minimum absolute atomic E-state index is 0.0292. The van der Waals surface area contributed by atoms with Gasteiger partial charge in [0.05, 0.1) is 0 Å². The van der Waals surface area contributed by atoms with Gasteiger partial charge in [0.25, 0.3) is 0 Å². The number of rotatable bonds is 5. The summed E-state index contributed by atoms with van der Waals surface area (Å²) in [6, 6.07) is 19.6. The second-order valence-corrected chi connectivity index (χ2v) is 4.64. The average molecular weight is 261 g/mol. The van der Waals surface area contributed by atoms with E-state index in [1.165, 1.54) is 0 Å². The molecule has 0 aliphatic heterocycles. The molecule has 0 fully saturated rings. The average Bonchev–Trinajstić information content (AvgIpc) is 2.41. The van der Waals surface area contributed by atoms with Crippen LogP contribution in [0.1, 0.15) is 17.0 Å². The Morgan fingerprint density at radius 2 is 1.39 bits per heavy atom. The van der Waals surface area contributed by atoms with E-state index in [1.807, 2.05) is 60.7 Å². The zero-order chi connectivity index (χ0) is 12.8. The molecule has 0 aliphatic rings. The molecule has 0 bridgehead atoms. The molecular weight excluding hydrogens is 247 g/mol. The lowest BCUT2D eigenvalue weighted by Gasteiger charge is -2.14. The highest BCUT2D eigenvalue weighted by molar-refractivity contribution is 7.32. The fraction of sp³-hybridized carbons (Fsp3) is 0.143. The molecular formula is C14H14O3P+. The van der Waals surface area contributed by atoms with Crippen molar-refractivity contribution >= 4 is 8.25 Å². The summed E-state index contributed by atoms with van der Waals surface area (Å²) in [6.45, 7) is 0.194. The largest absolute Gasteiger partial charge is 0.694 e. The van der Waals surface area contributed by atoms with E-state index >= 15 is 0 Å². The molecule has 2 aromatic carbocycles. The minimum Gasteiger partial charge on any atom is -0.133 e. The maximum Gasteiger partial charge on any atom is 0.694 e. The summed E-state index contributed by atoms with van der Waals surface area (Å²) >= 11 is 0. The lowest BCUT2D eigenvalue weighted by molar-refractivity contribution is 0.272. The van der Waals surface area contributed by atoms with Crippen LogP contribution in [0.5, 0.6) is 0 Å². The summed E-state index contributed by atoms with van der Waals surface area (Å²) in [6.07, 6.45) is 0. The van der Waals surface area contributed by atoms with Gasteiger partial charge in [0.2, 0.25) is 0 Å². The predicted octanol–water partition coefficient (Wildman–Crippen LogP) is 3.48. The molecule has 0 heterocycles. The second-order valence-electron chi connectivity index (χ2n) is 3.91. The van der Waals surface area contributed by atoms with Gasteiger partial charge in [0.1, 0.15) is 6.61 Å². The Morgan fingerprint density at radius 1 is 0.944 bits per heavy atom. The first-order valence-electron chi connectivity index (χ1n) is 5.66. The summed E-state index contributed by atoms with van der Waals surface area (Å²) < 4.78 is 15.6. The van der Waals surface area contributed by atoms with Crippen molar-refractivity contribution in [2.24, 2.45) is 0 Å². The van der Waals surface area contributed by atoms with Crippen LogP contribution in [0.15, 0.2) is 60.7 Å². The number of hydrogen-bond donors (Lipinski definition) is 1. The molecule has 18 heavy (non-hydrogen) atoms. The molecule has 1 atom stereocenters. The molecule has 92 valence electrons.